The second kappa shape index (κ2) is 5.79. The van der Waals surface area contributed by atoms with Gasteiger partial charge in [-0.25, -0.2) is 0 Å². The molecule has 0 amide bonds. The highest BCUT2D eigenvalue weighted by molar-refractivity contribution is 9.10. The van der Waals surface area contributed by atoms with Gasteiger partial charge in [0.15, 0.2) is 0 Å². The SMILES string of the molecule is O=[N+]([O-])c1ccc(CNCc2ccco2)c(Br)c1. The smallest absolute Gasteiger partial charge is 0.270 e. The Morgan fingerprint density at radius 2 is 2.17 bits per heavy atom. The summed E-state index contributed by atoms with van der Waals surface area (Å²) in [7, 11) is 0. The van der Waals surface area contributed by atoms with Crippen LogP contribution in [0.4, 0.5) is 5.69 Å². The third kappa shape index (κ3) is 3.18. The maximum absolute atomic E-state index is 10.6. The van der Waals surface area contributed by atoms with Crippen LogP contribution in [0.2, 0.25) is 0 Å². The van der Waals surface area contributed by atoms with Gasteiger partial charge in [-0.3, -0.25) is 10.1 Å². The Morgan fingerprint density at radius 1 is 1.33 bits per heavy atom. The predicted molar refractivity (Wildman–Crippen MR) is 70.0 cm³/mol. The van der Waals surface area contributed by atoms with Crippen molar-refractivity contribution in [3.05, 3.63) is 62.5 Å². The quantitative estimate of drug-likeness (QED) is 0.680. The van der Waals surface area contributed by atoms with Crippen LogP contribution in [0.15, 0.2) is 45.5 Å². The fourth-order valence-electron chi connectivity index (χ4n) is 1.53. The average molecular weight is 311 g/mol. The van der Waals surface area contributed by atoms with Crippen molar-refractivity contribution in [1.82, 2.24) is 5.32 Å². The van der Waals surface area contributed by atoms with Gasteiger partial charge in [0.2, 0.25) is 0 Å². The van der Waals surface area contributed by atoms with Crippen LogP contribution in [0.5, 0.6) is 0 Å². The van der Waals surface area contributed by atoms with Crippen molar-refractivity contribution in [2.45, 2.75) is 13.1 Å². The summed E-state index contributed by atoms with van der Waals surface area (Å²) in [5.41, 5.74) is 1.05. The molecule has 6 heteroatoms. The Balaban J connectivity index is 1.95. The summed E-state index contributed by atoms with van der Waals surface area (Å²) in [6, 6.07) is 8.45. The Kier molecular flexibility index (Phi) is 4.11. The monoisotopic (exact) mass is 310 g/mol. The number of benzene rings is 1. The van der Waals surface area contributed by atoms with E-state index in [9.17, 15) is 10.1 Å². The molecule has 1 aromatic carbocycles. The van der Waals surface area contributed by atoms with Crippen LogP contribution in [0.1, 0.15) is 11.3 Å². The van der Waals surface area contributed by atoms with E-state index in [-0.39, 0.29) is 5.69 Å². The van der Waals surface area contributed by atoms with E-state index in [4.69, 9.17) is 4.42 Å². The van der Waals surface area contributed by atoms with Gasteiger partial charge in [-0.1, -0.05) is 15.9 Å². The number of nitrogens with one attached hydrogen (secondary N) is 1. The molecule has 0 bridgehead atoms. The van der Waals surface area contributed by atoms with Crippen LogP contribution in [0.3, 0.4) is 0 Å². The molecule has 1 N–H and O–H groups in total. The van der Waals surface area contributed by atoms with Crippen LogP contribution < -0.4 is 5.32 Å². The van der Waals surface area contributed by atoms with Crippen LogP contribution in [-0.4, -0.2) is 4.92 Å². The zero-order valence-corrected chi connectivity index (χ0v) is 11.0. The van der Waals surface area contributed by atoms with Crippen LogP contribution in [0, 0.1) is 10.1 Å². The summed E-state index contributed by atoms with van der Waals surface area (Å²) in [5.74, 6) is 0.855. The number of nitro benzene ring substituents is 1. The van der Waals surface area contributed by atoms with Gasteiger partial charge < -0.3 is 9.73 Å². The van der Waals surface area contributed by atoms with Gasteiger partial charge in [0.05, 0.1) is 17.7 Å². The summed E-state index contributed by atoms with van der Waals surface area (Å²) in [6.07, 6.45) is 1.62. The molecule has 1 aromatic heterocycles. The maximum atomic E-state index is 10.6. The zero-order valence-electron chi connectivity index (χ0n) is 9.43. The highest BCUT2D eigenvalue weighted by atomic mass is 79.9. The summed E-state index contributed by atoms with van der Waals surface area (Å²) < 4.78 is 5.91. The molecule has 0 aliphatic rings. The van der Waals surface area contributed by atoms with Crippen LogP contribution >= 0.6 is 15.9 Å². The summed E-state index contributed by atoms with van der Waals surface area (Å²) in [5, 5.41) is 13.8. The number of rotatable bonds is 5. The number of furan rings is 1. The van der Waals surface area contributed by atoms with Gasteiger partial charge in [-0.05, 0) is 23.8 Å². The highest BCUT2D eigenvalue weighted by Crippen LogP contribution is 2.22. The minimum atomic E-state index is -0.412. The van der Waals surface area contributed by atoms with E-state index in [0.29, 0.717) is 13.1 Å². The first-order valence-electron chi connectivity index (χ1n) is 5.33. The molecule has 0 aliphatic carbocycles. The lowest BCUT2D eigenvalue weighted by Crippen LogP contribution is -2.12. The van der Waals surface area contributed by atoms with E-state index in [2.05, 4.69) is 21.2 Å². The van der Waals surface area contributed by atoms with Crippen molar-refractivity contribution in [2.75, 3.05) is 0 Å². The highest BCUT2D eigenvalue weighted by Gasteiger charge is 2.08. The largest absolute Gasteiger partial charge is 0.468 e. The summed E-state index contributed by atoms with van der Waals surface area (Å²) in [4.78, 5) is 10.2. The Hall–Kier alpha value is -1.66. The van der Waals surface area contributed by atoms with Gasteiger partial charge in [-0.2, -0.15) is 0 Å². The van der Waals surface area contributed by atoms with Crippen molar-refractivity contribution in [1.29, 1.82) is 0 Å². The summed E-state index contributed by atoms with van der Waals surface area (Å²) >= 11 is 3.33. The molecule has 94 valence electrons. The Labute approximate surface area is 112 Å². The van der Waals surface area contributed by atoms with Crippen molar-refractivity contribution < 1.29 is 9.34 Å². The van der Waals surface area contributed by atoms with Crippen LogP contribution in [-0.2, 0) is 13.1 Å². The van der Waals surface area contributed by atoms with Crippen molar-refractivity contribution in [2.24, 2.45) is 0 Å². The third-order valence-corrected chi connectivity index (χ3v) is 3.18. The molecule has 2 aromatic rings. The van der Waals surface area contributed by atoms with Gasteiger partial charge in [0.25, 0.3) is 5.69 Å². The molecule has 0 spiro atoms. The molecular weight excluding hydrogens is 300 g/mol. The van der Waals surface area contributed by atoms with Crippen molar-refractivity contribution >= 4 is 21.6 Å². The minimum absolute atomic E-state index is 0.0802. The normalized spacial score (nSPS) is 10.5. The standard InChI is InChI=1S/C12H11BrN2O3/c13-12-6-10(15(16)17)4-3-9(12)7-14-8-11-2-1-5-18-11/h1-6,14H,7-8H2. The molecule has 0 radical (unpaired) electrons. The fraction of sp³-hybridized carbons (Fsp3) is 0.167. The van der Waals surface area contributed by atoms with Gasteiger partial charge in [0, 0.05) is 23.2 Å². The van der Waals surface area contributed by atoms with E-state index in [1.807, 2.05) is 12.1 Å². The first-order valence-corrected chi connectivity index (χ1v) is 6.12. The number of hydrogen-bond acceptors (Lipinski definition) is 4. The number of hydrogen-bond donors (Lipinski definition) is 1. The van der Waals surface area contributed by atoms with E-state index in [0.717, 1.165) is 15.8 Å². The molecular formula is C12H11BrN2O3. The molecule has 0 saturated carbocycles. The number of halogens is 1. The van der Waals surface area contributed by atoms with E-state index >= 15 is 0 Å². The van der Waals surface area contributed by atoms with Gasteiger partial charge >= 0.3 is 0 Å². The average Bonchev–Trinajstić information content (AvgIpc) is 2.84. The molecule has 0 fully saturated rings. The van der Waals surface area contributed by atoms with Crippen molar-refractivity contribution in [3.63, 3.8) is 0 Å². The maximum Gasteiger partial charge on any atom is 0.270 e. The lowest BCUT2D eigenvalue weighted by Gasteiger charge is -2.05. The minimum Gasteiger partial charge on any atom is -0.468 e. The first-order chi connectivity index (χ1) is 8.66. The fourth-order valence-corrected chi connectivity index (χ4v) is 2.03. The lowest BCUT2D eigenvalue weighted by molar-refractivity contribution is -0.384. The molecule has 0 unspecified atom stereocenters. The van der Waals surface area contributed by atoms with E-state index < -0.39 is 4.92 Å². The van der Waals surface area contributed by atoms with Crippen molar-refractivity contribution in [3.8, 4) is 0 Å². The second-order valence-corrected chi connectivity index (χ2v) is 4.57. The molecule has 18 heavy (non-hydrogen) atoms. The summed E-state index contributed by atoms with van der Waals surface area (Å²) in [6.45, 7) is 1.23. The Morgan fingerprint density at radius 3 is 2.78 bits per heavy atom. The predicted octanol–water partition coefficient (Wildman–Crippen LogP) is 3.24. The lowest BCUT2D eigenvalue weighted by atomic mass is 10.2. The number of non-ortho nitro benzene ring substituents is 1. The zero-order chi connectivity index (χ0) is 13.0. The molecule has 0 saturated heterocycles. The van der Waals surface area contributed by atoms with E-state index in [1.165, 1.54) is 12.1 Å². The number of nitro groups is 1. The first kappa shape index (κ1) is 12.8. The molecule has 5 nitrogen and oxygen atoms in total. The topological polar surface area (TPSA) is 68.3 Å². The second-order valence-electron chi connectivity index (χ2n) is 3.72. The molecule has 0 atom stereocenters. The van der Waals surface area contributed by atoms with Crippen LogP contribution in [0.25, 0.3) is 0 Å². The van der Waals surface area contributed by atoms with Gasteiger partial charge in [-0.15, -0.1) is 0 Å². The molecule has 1 heterocycles. The molecule has 0 aliphatic heterocycles. The van der Waals surface area contributed by atoms with Gasteiger partial charge in [0.1, 0.15) is 5.76 Å². The Bertz CT molecular complexity index is 540. The third-order valence-electron chi connectivity index (χ3n) is 2.44. The molecule has 2 rings (SSSR count). The number of nitrogens with zero attached hydrogens (tertiary/aromatic N) is 1. The van der Waals surface area contributed by atoms with E-state index in [1.54, 1.807) is 12.3 Å².